The van der Waals surface area contributed by atoms with E-state index in [-0.39, 0.29) is 5.91 Å². The van der Waals surface area contributed by atoms with Crippen LogP contribution < -0.4 is 0 Å². The molecule has 0 aliphatic carbocycles. The maximum absolute atomic E-state index is 11.5. The van der Waals surface area contributed by atoms with Gasteiger partial charge in [0.1, 0.15) is 0 Å². The van der Waals surface area contributed by atoms with Crippen LogP contribution in [0.15, 0.2) is 28.8 Å². The molecule has 0 saturated carbocycles. The van der Waals surface area contributed by atoms with Crippen LogP contribution in [0.4, 0.5) is 0 Å². The fourth-order valence-electron chi connectivity index (χ4n) is 1.73. The number of hydrogen-bond donors (Lipinski definition) is 0. The van der Waals surface area contributed by atoms with Crippen molar-refractivity contribution in [1.82, 2.24) is 15.0 Å². The van der Waals surface area contributed by atoms with Crippen LogP contribution in [-0.2, 0) is 11.2 Å². The van der Waals surface area contributed by atoms with Crippen LogP contribution >= 0.6 is 0 Å². The van der Waals surface area contributed by atoms with E-state index >= 15 is 0 Å². The Morgan fingerprint density at radius 1 is 1.32 bits per heavy atom. The van der Waals surface area contributed by atoms with Gasteiger partial charge in [-0.2, -0.15) is 4.98 Å². The van der Waals surface area contributed by atoms with Crippen molar-refractivity contribution in [3.63, 3.8) is 0 Å². The molecule has 1 heterocycles. The van der Waals surface area contributed by atoms with Crippen LogP contribution in [0.2, 0.25) is 0 Å². The van der Waals surface area contributed by atoms with Gasteiger partial charge in [-0.05, 0) is 12.5 Å². The first-order valence-electron chi connectivity index (χ1n) is 6.16. The van der Waals surface area contributed by atoms with E-state index in [0.29, 0.717) is 24.6 Å². The highest BCUT2D eigenvalue weighted by Crippen LogP contribution is 2.20. The average Bonchev–Trinajstić information content (AvgIpc) is 2.85. The molecule has 0 aliphatic rings. The lowest BCUT2D eigenvalue weighted by Crippen LogP contribution is -2.21. The number of hydrogen-bond acceptors (Lipinski definition) is 4. The average molecular weight is 259 g/mol. The fraction of sp³-hybridized carbons (Fsp3) is 0.357. The van der Waals surface area contributed by atoms with Crippen molar-refractivity contribution in [3.8, 4) is 11.4 Å². The van der Waals surface area contributed by atoms with E-state index < -0.39 is 0 Å². The minimum atomic E-state index is 0.0515. The van der Waals surface area contributed by atoms with Crippen LogP contribution in [0.1, 0.15) is 17.9 Å². The standard InChI is InChI=1S/C14H17N3O2/c1-10-6-4-5-7-11(10)14-15-12(19-16-14)8-9-13(18)17(2)3/h4-7H,8-9H2,1-3H3. The molecule has 100 valence electrons. The number of carbonyl (C=O) groups is 1. The smallest absolute Gasteiger partial charge is 0.227 e. The first-order valence-corrected chi connectivity index (χ1v) is 6.16. The van der Waals surface area contributed by atoms with Crippen LogP contribution in [0, 0.1) is 6.92 Å². The van der Waals surface area contributed by atoms with Gasteiger partial charge in [0, 0.05) is 32.5 Å². The van der Waals surface area contributed by atoms with Crippen molar-refractivity contribution in [3.05, 3.63) is 35.7 Å². The zero-order valence-electron chi connectivity index (χ0n) is 11.4. The molecule has 0 unspecified atom stereocenters. The molecule has 0 radical (unpaired) electrons. The van der Waals surface area contributed by atoms with Gasteiger partial charge in [0.2, 0.25) is 17.6 Å². The Bertz CT molecular complexity index is 576. The first-order chi connectivity index (χ1) is 9.08. The predicted octanol–water partition coefficient (Wildman–Crippen LogP) is 2.07. The Morgan fingerprint density at radius 2 is 2.05 bits per heavy atom. The zero-order chi connectivity index (χ0) is 13.8. The minimum absolute atomic E-state index is 0.0515. The van der Waals surface area contributed by atoms with E-state index in [1.165, 1.54) is 0 Å². The van der Waals surface area contributed by atoms with Crippen LogP contribution in [-0.4, -0.2) is 35.0 Å². The van der Waals surface area contributed by atoms with E-state index in [9.17, 15) is 4.79 Å². The van der Waals surface area contributed by atoms with Gasteiger partial charge in [0.25, 0.3) is 0 Å². The molecule has 19 heavy (non-hydrogen) atoms. The normalized spacial score (nSPS) is 10.5. The van der Waals surface area contributed by atoms with Crippen LogP contribution in [0.3, 0.4) is 0 Å². The molecule has 0 atom stereocenters. The molecular weight excluding hydrogens is 242 g/mol. The summed E-state index contributed by atoms with van der Waals surface area (Å²) in [5.74, 6) is 1.12. The van der Waals surface area contributed by atoms with Crippen LogP contribution in [0.5, 0.6) is 0 Å². The number of nitrogens with zero attached hydrogens (tertiary/aromatic N) is 3. The second kappa shape index (κ2) is 5.65. The van der Waals surface area contributed by atoms with E-state index in [1.807, 2.05) is 31.2 Å². The highest BCUT2D eigenvalue weighted by atomic mass is 16.5. The largest absolute Gasteiger partial charge is 0.349 e. The van der Waals surface area contributed by atoms with Gasteiger partial charge in [0.05, 0.1) is 0 Å². The van der Waals surface area contributed by atoms with Gasteiger partial charge in [-0.3, -0.25) is 4.79 Å². The predicted molar refractivity (Wildman–Crippen MR) is 71.5 cm³/mol. The SMILES string of the molecule is Cc1ccccc1-c1noc(CCC(=O)N(C)C)n1. The van der Waals surface area contributed by atoms with Gasteiger partial charge in [-0.25, -0.2) is 0 Å². The number of aryl methyl sites for hydroxylation is 2. The van der Waals surface area contributed by atoms with E-state index in [2.05, 4.69) is 10.1 Å². The Kier molecular flexibility index (Phi) is 3.94. The lowest BCUT2D eigenvalue weighted by molar-refractivity contribution is -0.128. The number of carbonyl (C=O) groups excluding carboxylic acids is 1. The molecule has 0 fully saturated rings. The summed E-state index contributed by atoms with van der Waals surface area (Å²) in [4.78, 5) is 17.4. The summed E-state index contributed by atoms with van der Waals surface area (Å²) in [7, 11) is 3.46. The molecule has 1 amide bonds. The molecular formula is C14H17N3O2. The van der Waals surface area contributed by atoms with E-state index in [1.54, 1.807) is 19.0 Å². The number of amides is 1. The molecule has 0 bridgehead atoms. The molecule has 0 aliphatic heterocycles. The molecule has 1 aromatic heterocycles. The van der Waals surface area contributed by atoms with Gasteiger partial charge in [0.15, 0.2) is 0 Å². The lowest BCUT2D eigenvalue weighted by atomic mass is 10.1. The number of benzene rings is 1. The fourth-order valence-corrected chi connectivity index (χ4v) is 1.73. The summed E-state index contributed by atoms with van der Waals surface area (Å²) >= 11 is 0. The maximum Gasteiger partial charge on any atom is 0.227 e. The highest BCUT2D eigenvalue weighted by Gasteiger charge is 2.12. The molecule has 2 aromatic rings. The Balaban J connectivity index is 2.08. The topological polar surface area (TPSA) is 59.2 Å². The molecule has 2 rings (SSSR count). The summed E-state index contributed by atoms with van der Waals surface area (Å²) in [6.07, 6.45) is 0.846. The third kappa shape index (κ3) is 3.19. The third-order valence-corrected chi connectivity index (χ3v) is 2.91. The van der Waals surface area contributed by atoms with Gasteiger partial charge in [-0.1, -0.05) is 29.4 Å². The Morgan fingerprint density at radius 3 is 2.74 bits per heavy atom. The molecule has 0 N–H and O–H groups in total. The summed E-state index contributed by atoms with van der Waals surface area (Å²) < 4.78 is 5.17. The van der Waals surface area contributed by atoms with Crippen molar-refractivity contribution >= 4 is 5.91 Å². The first kappa shape index (κ1) is 13.3. The molecule has 5 heteroatoms. The van der Waals surface area contributed by atoms with Gasteiger partial charge >= 0.3 is 0 Å². The third-order valence-electron chi connectivity index (χ3n) is 2.91. The Hall–Kier alpha value is -2.17. The molecule has 0 spiro atoms. The lowest BCUT2D eigenvalue weighted by Gasteiger charge is -2.07. The summed E-state index contributed by atoms with van der Waals surface area (Å²) in [6.45, 7) is 2.00. The summed E-state index contributed by atoms with van der Waals surface area (Å²) in [6, 6.07) is 7.86. The van der Waals surface area contributed by atoms with Crippen molar-refractivity contribution in [2.45, 2.75) is 19.8 Å². The monoisotopic (exact) mass is 259 g/mol. The van der Waals surface area contributed by atoms with Crippen molar-refractivity contribution in [2.24, 2.45) is 0 Å². The second-order valence-electron chi connectivity index (χ2n) is 4.61. The minimum Gasteiger partial charge on any atom is -0.349 e. The van der Waals surface area contributed by atoms with Crippen molar-refractivity contribution in [1.29, 1.82) is 0 Å². The molecule has 5 nitrogen and oxygen atoms in total. The Labute approximate surface area is 112 Å². The molecule has 0 saturated heterocycles. The van der Waals surface area contributed by atoms with Crippen molar-refractivity contribution in [2.75, 3.05) is 14.1 Å². The van der Waals surface area contributed by atoms with Gasteiger partial charge in [-0.15, -0.1) is 0 Å². The zero-order valence-corrected chi connectivity index (χ0v) is 11.4. The summed E-state index contributed by atoms with van der Waals surface area (Å²) in [5, 5.41) is 3.96. The molecule has 1 aromatic carbocycles. The maximum atomic E-state index is 11.5. The van der Waals surface area contributed by atoms with Crippen LogP contribution in [0.25, 0.3) is 11.4 Å². The van der Waals surface area contributed by atoms with Gasteiger partial charge < -0.3 is 9.42 Å². The number of aromatic nitrogens is 2. The number of rotatable bonds is 4. The quantitative estimate of drug-likeness (QED) is 0.843. The van der Waals surface area contributed by atoms with Crippen molar-refractivity contribution < 1.29 is 9.32 Å². The summed E-state index contributed by atoms with van der Waals surface area (Å²) in [5.41, 5.74) is 2.05. The van der Waals surface area contributed by atoms with E-state index in [4.69, 9.17) is 4.52 Å². The second-order valence-corrected chi connectivity index (χ2v) is 4.61. The van der Waals surface area contributed by atoms with E-state index in [0.717, 1.165) is 11.1 Å². The highest BCUT2D eigenvalue weighted by molar-refractivity contribution is 5.75.